The van der Waals surface area contributed by atoms with Gasteiger partial charge in [0.2, 0.25) is 0 Å². The van der Waals surface area contributed by atoms with Gasteiger partial charge in [-0.3, -0.25) is 0 Å². The van der Waals surface area contributed by atoms with E-state index in [-0.39, 0.29) is 36.6 Å². The number of hydrogen-bond donors (Lipinski definition) is 0. The molecule has 0 spiro atoms. The van der Waals surface area contributed by atoms with Crippen molar-refractivity contribution in [1.82, 2.24) is 9.13 Å². The van der Waals surface area contributed by atoms with Gasteiger partial charge in [0.1, 0.15) is 0 Å². The summed E-state index contributed by atoms with van der Waals surface area (Å²) in [7, 11) is 0. The Hall–Kier alpha value is -4.18. The van der Waals surface area contributed by atoms with Crippen LogP contribution in [0.25, 0.3) is 22.3 Å². The number of aromatic nitrogens is 2. The molecule has 6 heteroatoms. The fourth-order valence-corrected chi connectivity index (χ4v) is 19.1. The van der Waals surface area contributed by atoms with E-state index >= 15 is 0 Å². The van der Waals surface area contributed by atoms with E-state index in [2.05, 4.69) is 111 Å². The number of rotatable bonds is 3. The molecular weight excluding hydrogens is 871 g/mol. The molecule has 1 fully saturated rings. The van der Waals surface area contributed by atoms with Gasteiger partial charge in [-0.1, -0.05) is 0 Å². The van der Waals surface area contributed by atoms with Gasteiger partial charge in [-0.05, 0) is 0 Å². The van der Waals surface area contributed by atoms with Crippen molar-refractivity contribution in [2.24, 2.45) is 0 Å². The fraction of sp³-hybridized carbons (Fsp3) is 0.345. The molecule has 0 N–H and O–H groups in total. The zero-order valence-corrected chi connectivity index (χ0v) is 38.6. The first-order chi connectivity index (χ1) is 30.3. The Balaban J connectivity index is 0.960. The molecule has 0 amide bonds. The summed E-state index contributed by atoms with van der Waals surface area (Å²) in [6.07, 6.45) is 22.1. The summed E-state index contributed by atoms with van der Waals surface area (Å²) in [6, 6.07) is 40.2. The van der Waals surface area contributed by atoms with Gasteiger partial charge in [0.25, 0.3) is 0 Å². The number of aryl methyl sites for hydroxylation is 1. The fourth-order valence-electron chi connectivity index (χ4n) is 13.6. The average Bonchev–Trinajstić information content (AvgIpc) is 3.86. The summed E-state index contributed by atoms with van der Waals surface area (Å²) in [5, 5.41) is 1.47. The van der Waals surface area contributed by atoms with Crippen LogP contribution in [0.15, 0.2) is 97.1 Å². The summed E-state index contributed by atoms with van der Waals surface area (Å²) >= 11 is 0.442. The summed E-state index contributed by atoms with van der Waals surface area (Å²) in [6.45, 7) is 0.290. The van der Waals surface area contributed by atoms with Crippen molar-refractivity contribution in [2.45, 2.75) is 121 Å². The van der Waals surface area contributed by atoms with Crippen LogP contribution >= 0.6 is 0 Å². The van der Waals surface area contributed by atoms with Crippen molar-refractivity contribution < 1.29 is 0 Å². The van der Waals surface area contributed by atoms with E-state index in [1.54, 1.807) is 73.6 Å². The molecule has 7 aromatic rings. The number of para-hydroxylation sites is 2. The van der Waals surface area contributed by atoms with Crippen LogP contribution in [0.3, 0.4) is 0 Å². The third-order valence-corrected chi connectivity index (χ3v) is 20.8. The molecule has 2 unspecified atom stereocenters. The second kappa shape index (κ2) is 14.2. The van der Waals surface area contributed by atoms with Crippen molar-refractivity contribution >= 4 is 93.1 Å². The van der Waals surface area contributed by atoms with Gasteiger partial charge >= 0.3 is 376 Å². The monoisotopic (exact) mass is 925 g/mol. The van der Waals surface area contributed by atoms with Crippen LogP contribution in [-0.4, -0.2) is 51.8 Å². The van der Waals surface area contributed by atoms with Crippen LogP contribution < -0.4 is 39.1 Å². The summed E-state index contributed by atoms with van der Waals surface area (Å²) < 4.78 is 11.9. The van der Waals surface area contributed by atoms with Crippen LogP contribution in [0.4, 0.5) is 11.4 Å². The van der Waals surface area contributed by atoms with Crippen molar-refractivity contribution in [3.05, 3.63) is 136 Å². The van der Waals surface area contributed by atoms with E-state index in [0.29, 0.717) is 12.0 Å². The molecule has 0 saturated heterocycles. The molecule has 5 heterocycles. The zero-order chi connectivity index (χ0) is 39.8. The van der Waals surface area contributed by atoms with Crippen LogP contribution in [0.1, 0.15) is 116 Å². The Morgan fingerprint density at radius 1 is 0.475 bits per heavy atom. The maximum atomic E-state index is 2.85. The van der Waals surface area contributed by atoms with Gasteiger partial charge in [0.05, 0.1) is 0 Å². The predicted molar refractivity (Wildman–Crippen MR) is 258 cm³/mol. The van der Waals surface area contributed by atoms with Crippen molar-refractivity contribution in [3.8, 4) is 11.4 Å². The molecule has 4 aliphatic carbocycles. The van der Waals surface area contributed by atoms with E-state index < -0.39 is 0 Å². The second-order valence-electron chi connectivity index (χ2n) is 19.3. The molecular formula is C55H52BN3Se2. The quantitative estimate of drug-likeness (QED) is 0.173. The van der Waals surface area contributed by atoms with Crippen LogP contribution in [0, 0.1) is 0 Å². The van der Waals surface area contributed by atoms with Crippen molar-refractivity contribution in [2.75, 3.05) is 4.90 Å². The molecule has 0 bridgehead atoms. The molecule has 3 nitrogen and oxygen atoms in total. The number of anilines is 2. The Labute approximate surface area is 373 Å². The maximum absolute atomic E-state index is 2.85. The molecule has 61 heavy (non-hydrogen) atoms. The molecule has 0 radical (unpaired) electrons. The third kappa shape index (κ3) is 5.41. The number of nitrogens with zero attached hydrogens (tertiary/aromatic N) is 3. The summed E-state index contributed by atoms with van der Waals surface area (Å²) in [5.41, 5.74) is 23.4. The van der Waals surface area contributed by atoms with Crippen LogP contribution in [0.2, 0.25) is 0 Å². The Kier molecular flexibility index (Phi) is 8.44. The first-order valence-corrected chi connectivity index (χ1v) is 27.3. The minimum atomic E-state index is 0.212. The molecule has 2 atom stereocenters. The van der Waals surface area contributed by atoms with Crippen molar-refractivity contribution in [1.29, 1.82) is 0 Å². The Morgan fingerprint density at radius 3 is 1.77 bits per heavy atom. The molecule has 2 aromatic heterocycles. The summed E-state index contributed by atoms with van der Waals surface area (Å²) in [4.78, 5) is 2.85. The second-order valence-corrected chi connectivity index (χ2v) is 23.8. The number of benzene rings is 5. The molecule has 14 rings (SSSR count). The van der Waals surface area contributed by atoms with E-state index in [0.717, 1.165) is 0 Å². The Bertz CT molecular complexity index is 2940. The topological polar surface area (TPSA) is 13.1 Å². The van der Waals surface area contributed by atoms with E-state index in [1.165, 1.54) is 143 Å². The zero-order valence-electron chi connectivity index (χ0n) is 35.1. The molecule has 302 valence electrons. The van der Waals surface area contributed by atoms with Gasteiger partial charge in [-0.25, -0.2) is 0 Å². The van der Waals surface area contributed by atoms with Crippen LogP contribution in [-0.2, 0) is 38.5 Å². The van der Waals surface area contributed by atoms with Gasteiger partial charge in [-0.2, -0.15) is 0 Å². The van der Waals surface area contributed by atoms with E-state index in [4.69, 9.17) is 0 Å². The Morgan fingerprint density at radius 2 is 1.05 bits per heavy atom. The molecule has 1 saturated carbocycles. The first kappa shape index (κ1) is 36.3. The van der Waals surface area contributed by atoms with E-state index in [1.807, 2.05) is 0 Å². The summed E-state index contributed by atoms with van der Waals surface area (Å²) in [5.74, 6) is 0.641. The van der Waals surface area contributed by atoms with Crippen LogP contribution in [0.5, 0.6) is 0 Å². The SMILES string of the molecule is c1ccc2c(c1)C1CCCCCC1N2c1cc2c3c(c1)[Se]c1cc(-n4c5c(c6ccccc64)CCCC5)ccc1B3c1ccc(-n3c4c(c5c3CCCC5)CCCC4)cc1[Se]2. The standard InChI is InChI=1S/C55H52BN3Se2/c1-2-14-37-42-19-8-13-25-50(42)59(49(37)20-3-1)36-32-53-55-54(33-36)61-52-31-35(58-47-23-11-6-17-40(47)41-18-7-12-24-48(41)58)27-29-44(52)56(55)43-28-26-34(30-51(43)60-53)57-45-21-9-4-15-38(45)39-16-5-10-22-46(39)57/h4,8-9,13,15,19,21,25-33,37,49H,1-3,5-7,10-12,14,16-18,20,22-24H2. The van der Waals surface area contributed by atoms with Gasteiger partial charge < -0.3 is 0 Å². The number of fused-ring (bicyclic) bond motifs is 13. The normalized spacial score (nSPS) is 20.8. The van der Waals surface area contributed by atoms with Gasteiger partial charge in [-0.15, -0.1) is 0 Å². The minimum absolute atomic E-state index is 0.212. The molecule has 7 aliphatic rings. The third-order valence-electron chi connectivity index (χ3n) is 16.1. The predicted octanol–water partition coefficient (Wildman–Crippen LogP) is 7.08. The van der Waals surface area contributed by atoms with Gasteiger partial charge in [0.15, 0.2) is 0 Å². The molecule has 5 aromatic carbocycles. The van der Waals surface area contributed by atoms with Crippen molar-refractivity contribution in [3.63, 3.8) is 0 Å². The number of hydrogen-bond acceptors (Lipinski definition) is 1. The first-order valence-electron chi connectivity index (χ1n) is 23.8. The van der Waals surface area contributed by atoms with Gasteiger partial charge in [0, 0.05) is 0 Å². The van der Waals surface area contributed by atoms with E-state index in [9.17, 15) is 0 Å². The molecule has 3 aliphatic heterocycles. The average molecular weight is 924 g/mol.